The number of carbonyl (C=O) groups excluding carboxylic acids is 2. The summed E-state index contributed by atoms with van der Waals surface area (Å²) in [7, 11) is 1.66. The summed E-state index contributed by atoms with van der Waals surface area (Å²) in [6, 6.07) is 1.81. The van der Waals surface area contributed by atoms with E-state index in [2.05, 4.69) is 5.32 Å². The highest BCUT2D eigenvalue weighted by atomic mass is 32.1. The van der Waals surface area contributed by atoms with Crippen molar-refractivity contribution in [2.45, 2.75) is 47.1 Å². The largest absolute Gasteiger partial charge is 0.389 e. The molecule has 1 aromatic heterocycles. The fourth-order valence-electron chi connectivity index (χ4n) is 1.88. The number of rotatable bonds is 4. The Morgan fingerprint density at radius 3 is 2.27 bits per heavy atom. The van der Waals surface area contributed by atoms with Crippen LogP contribution in [0.15, 0.2) is 6.07 Å². The standard InChI is InChI=1S/C16H26N2O3S/c1-10-8-11(17-14(20)15(2,3)4)22-12(10)13(19)18(7)9-16(5,6)21/h8,21H,9H2,1-7H3,(H,17,20). The number of anilines is 1. The van der Waals surface area contributed by atoms with E-state index >= 15 is 0 Å². The molecule has 1 aromatic rings. The highest BCUT2D eigenvalue weighted by Gasteiger charge is 2.25. The number of hydrogen-bond donors (Lipinski definition) is 2. The lowest BCUT2D eigenvalue weighted by molar-refractivity contribution is -0.123. The first-order chi connectivity index (χ1) is 9.81. The summed E-state index contributed by atoms with van der Waals surface area (Å²) in [5.74, 6) is -0.238. The van der Waals surface area contributed by atoms with Crippen molar-refractivity contribution in [1.29, 1.82) is 0 Å². The summed E-state index contributed by atoms with van der Waals surface area (Å²) in [6.45, 7) is 10.9. The third-order valence-electron chi connectivity index (χ3n) is 3.00. The van der Waals surface area contributed by atoms with E-state index < -0.39 is 11.0 Å². The number of amides is 2. The van der Waals surface area contributed by atoms with Crippen LogP contribution < -0.4 is 5.32 Å². The highest BCUT2D eigenvalue weighted by Crippen LogP contribution is 2.29. The first-order valence-electron chi connectivity index (χ1n) is 7.21. The minimum absolute atomic E-state index is 0.0856. The quantitative estimate of drug-likeness (QED) is 0.894. The maximum atomic E-state index is 12.5. The maximum Gasteiger partial charge on any atom is 0.264 e. The van der Waals surface area contributed by atoms with Gasteiger partial charge in [0.05, 0.1) is 15.5 Å². The number of likely N-dealkylation sites (N-methyl/N-ethyl adjacent to an activating group) is 1. The van der Waals surface area contributed by atoms with Crippen LogP contribution in [-0.2, 0) is 4.79 Å². The summed E-state index contributed by atoms with van der Waals surface area (Å²) >= 11 is 1.26. The molecule has 5 nitrogen and oxygen atoms in total. The van der Waals surface area contributed by atoms with Crippen molar-refractivity contribution in [3.63, 3.8) is 0 Å². The van der Waals surface area contributed by atoms with E-state index in [0.29, 0.717) is 9.88 Å². The minimum Gasteiger partial charge on any atom is -0.389 e. The minimum atomic E-state index is -0.946. The van der Waals surface area contributed by atoms with E-state index in [9.17, 15) is 14.7 Å². The molecule has 0 saturated heterocycles. The second-order valence-electron chi connectivity index (χ2n) is 7.30. The molecule has 0 aliphatic carbocycles. The Morgan fingerprint density at radius 1 is 1.27 bits per heavy atom. The molecule has 1 rings (SSSR count). The average Bonchev–Trinajstić information content (AvgIpc) is 2.65. The molecule has 6 heteroatoms. The number of hydrogen-bond acceptors (Lipinski definition) is 4. The predicted molar refractivity (Wildman–Crippen MR) is 90.4 cm³/mol. The predicted octanol–water partition coefficient (Wildman–Crippen LogP) is 2.88. The van der Waals surface area contributed by atoms with Gasteiger partial charge < -0.3 is 15.3 Å². The molecule has 0 atom stereocenters. The lowest BCUT2D eigenvalue weighted by Gasteiger charge is -2.25. The van der Waals surface area contributed by atoms with Gasteiger partial charge in [-0.15, -0.1) is 11.3 Å². The normalized spacial score (nSPS) is 12.2. The zero-order valence-corrected chi connectivity index (χ0v) is 15.2. The second kappa shape index (κ2) is 6.38. The molecular formula is C16H26N2O3S. The van der Waals surface area contributed by atoms with Crippen molar-refractivity contribution >= 4 is 28.2 Å². The van der Waals surface area contributed by atoms with E-state index in [1.165, 1.54) is 16.2 Å². The fraction of sp³-hybridized carbons (Fsp3) is 0.625. The third kappa shape index (κ3) is 5.10. The molecule has 0 unspecified atom stereocenters. The van der Waals surface area contributed by atoms with Gasteiger partial charge in [0.15, 0.2) is 0 Å². The molecule has 0 radical (unpaired) electrons. The van der Waals surface area contributed by atoms with Crippen molar-refractivity contribution in [3.05, 3.63) is 16.5 Å². The summed E-state index contributed by atoms with van der Waals surface area (Å²) in [5.41, 5.74) is -0.611. The van der Waals surface area contributed by atoms with E-state index in [-0.39, 0.29) is 18.4 Å². The first-order valence-corrected chi connectivity index (χ1v) is 8.02. The molecule has 2 amide bonds. The lowest BCUT2D eigenvalue weighted by atomic mass is 9.96. The van der Waals surface area contributed by atoms with Gasteiger partial charge >= 0.3 is 0 Å². The summed E-state index contributed by atoms with van der Waals surface area (Å²) in [4.78, 5) is 26.5. The van der Waals surface area contributed by atoms with Crippen LogP contribution in [0.3, 0.4) is 0 Å². The van der Waals surface area contributed by atoms with Gasteiger partial charge in [0.1, 0.15) is 0 Å². The number of thiophene rings is 1. The van der Waals surface area contributed by atoms with Crippen molar-refractivity contribution in [1.82, 2.24) is 4.90 Å². The molecule has 0 bridgehead atoms. The Morgan fingerprint density at radius 2 is 1.82 bits per heavy atom. The molecule has 0 fully saturated rings. The topological polar surface area (TPSA) is 69.6 Å². The molecule has 22 heavy (non-hydrogen) atoms. The Bertz CT molecular complexity index is 565. The van der Waals surface area contributed by atoms with Gasteiger partial charge in [0.25, 0.3) is 5.91 Å². The molecule has 2 N–H and O–H groups in total. The molecule has 1 heterocycles. The van der Waals surface area contributed by atoms with Crippen LogP contribution in [-0.4, -0.2) is 41.0 Å². The lowest BCUT2D eigenvalue weighted by Crippen LogP contribution is -2.39. The fourth-order valence-corrected chi connectivity index (χ4v) is 2.94. The average molecular weight is 326 g/mol. The van der Waals surface area contributed by atoms with Crippen LogP contribution in [0.5, 0.6) is 0 Å². The van der Waals surface area contributed by atoms with E-state index in [4.69, 9.17) is 0 Å². The number of aliphatic hydroxyl groups is 1. The van der Waals surface area contributed by atoms with Crippen molar-refractivity contribution in [2.75, 3.05) is 18.9 Å². The van der Waals surface area contributed by atoms with Crippen molar-refractivity contribution < 1.29 is 14.7 Å². The Hall–Kier alpha value is -1.40. The molecule has 0 aliphatic heterocycles. The maximum absolute atomic E-state index is 12.5. The van der Waals surface area contributed by atoms with E-state index in [1.807, 2.05) is 27.7 Å². The zero-order valence-electron chi connectivity index (χ0n) is 14.4. The molecule has 124 valence electrons. The van der Waals surface area contributed by atoms with Crippen molar-refractivity contribution in [3.8, 4) is 0 Å². The van der Waals surface area contributed by atoms with Gasteiger partial charge in [-0.2, -0.15) is 0 Å². The third-order valence-corrected chi connectivity index (χ3v) is 4.14. The van der Waals surface area contributed by atoms with Gasteiger partial charge in [-0.1, -0.05) is 20.8 Å². The molecule has 0 saturated carbocycles. The second-order valence-corrected chi connectivity index (χ2v) is 8.35. The van der Waals surface area contributed by atoms with Crippen LogP contribution in [0, 0.1) is 12.3 Å². The van der Waals surface area contributed by atoms with Crippen LogP contribution in [0.2, 0.25) is 0 Å². The Balaban J connectivity index is 2.90. The van der Waals surface area contributed by atoms with Gasteiger partial charge in [-0.3, -0.25) is 9.59 Å². The number of nitrogens with one attached hydrogen (secondary N) is 1. The van der Waals surface area contributed by atoms with Crippen molar-refractivity contribution in [2.24, 2.45) is 5.41 Å². The number of aryl methyl sites for hydroxylation is 1. The van der Waals surface area contributed by atoms with Gasteiger partial charge in [-0.05, 0) is 32.4 Å². The molecule has 0 aliphatic rings. The smallest absolute Gasteiger partial charge is 0.264 e. The van der Waals surface area contributed by atoms with Crippen LogP contribution in [0.1, 0.15) is 49.9 Å². The Kier molecular flexibility index (Phi) is 5.41. The molecule has 0 aromatic carbocycles. The van der Waals surface area contributed by atoms with Gasteiger partial charge in [-0.25, -0.2) is 0 Å². The van der Waals surface area contributed by atoms with Gasteiger partial charge in [0.2, 0.25) is 5.91 Å². The molecule has 0 spiro atoms. The van der Waals surface area contributed by atoms with Crippen LogP contribution in [0.4, 0.5) is 5.00 Å². The number of carbonyl (C=O) groups is 2. The monoisotopic (exact) mass is 326 g/mol. The SMILES string of the molecule is Cc1cc(NC(=O)C(C)(C)C)sc1C(=O)N(C)CC(C)(C)O. The summed E-state index contributed by atoms with van der Waals surface area (Å²) in [6.07, 6.45) is 0. The molecular weight excluding hydrogens is 300 g/mol. The van der Waals surface area contributed by atoms with E-state index in [0.717, 1.165) is 5.56 Å². The summed E-state index contributed by atoms with van der Waals surface area (Å²) < 4.78 is 0. The van der Waals surface area contributed by atoms with Gasteiger partial charge in [0, 0.05) is 19.0 Å². The summed E-state index contributed by atoms with van der Waals surface area (Å²) in [5, 5.41) is 13.3. The zero-order chi connectivity index (χ0) is 17.3. The first kappa shape index (κ1) is 18.6. The van der Waals surface area contributed by atoms with Crippen LogP contribution >= 0.6 is 11.3 Å². The van der Waals surface area contributed by atoms with E-state index in [1.54, 1.807) is 27.0 Å². The number of nitrogens with zero attached hydrogens (tertiary/aromatic N) is 1. The Labute approximate surface area is 136 Å². The van der Waals surface area contributed by atoms with Crippen LogP contribution in [0.25, 0.3) is 0 Å². The highest BCUT2D eigenvalue weighted by molar-refractivity contribution is 7.18.